The first-order valence-corrected chi connectivity index (χ1v) is 9.88. The molecule has 0 radical (unpaired) electrons. The summed E-state index contributed by atoms with van der Waals surface area (Å²) >= 11 is 6.86. The highest BCUT2D eigenvalue weighted by Crippen LogP contribution is 2.47. The number of carbonyl (C=O) groups excluding carboxylic acids is 1. The largest absolute Gasteiger partial charge is 0.497 e. The minimum absolute atomic E-state index is 0.156. The topological polar surface area (TPSA) is 42.0 Å². The molecule has 1 fully saturated rings. The summed E-state index contributed by atoms with van der Waals surface area (Å²) in [4.78, 5) is 17.4. The van der Waals surface area contributed by atoms with Crippen molar-refractivity contribution in [3.8, 4) is 5.75 Å². The SMILES string of the molecule is CCC(/C=C1/Sc2ccc(OC)cc2N1CC)=C1/OC(=S)N(CC)C1=O. The van der Waals surface area contributed by atoms with Crippen molar-refractivity contribution in [3.05, 3.63) is 40.6 Å². The zero-order valence-electron chi connectivity index (χ0n) is 15.4. The molecule has 1 aromatic carbocycles. The summed E-state index contributed by atoms with van der Waals surface area (Å²) in [7, 11) is 1.67. The number of hydrogen-bond donors (Lipinski definition) is 0. The van der Waals surface area contributed by atoms with E-state index in [1.54, 1.807) is 18.9 Å². The van der Waals surface area contributed by atoms with Crippen LogP contribution in [0.15, 0.2) is 45.5 Å². The van der Waals surface area contributed by atoms with E-state index in [9.17, 15) is 4.79 Å². The number of nitrogens with zero attached hydrogens (tertiary/aromatic N) is 2. The summed E-state index contributed by atoms with van der Waals surface area (Å²) in [6.07, 6.45) is 2.72. The molecule has 3 rings (SSSR count). The van der Waals surface area contributed by atoms with Crippen LogP contribution in [0, 0.1) is 0 Å². The second-order valence-corrected chi connectivity index (χ2v) is 7.20. The summed E-state index contributed by atoms with van der Waals surface area (Å²) in [5, 5.41) is 1.30. The number of anilines is 1. The quantitative estimate of drug-likeness (QED) is 0.552. The van der Waals surface area contributed by atoms with Gasteiger partial charge in [0.25, 0.3) is 11.1 Å². The number of fused-ring (bicyclic) bond motifs is 1. The lowest BCUT2D eigenvalue weighted by molar-refractivity contribution is -0.122. The van der Waals surface area contributed by atoms with E-state index in [2.05, 4.69) is 17.9 Å². The summed E-state index contributed by atoms with van der Waals surface area (Å²) in [5.41, 5.74) is 1.97. The fourth-order valence-corrected chi connectivity index (χ4v) is 4.46. The Morgan fingerprint density at radius 2 is 2.00 bits per heavy atom. The van der Waals surface area contributed by atoms with Gasteiger partial charge in [-0.25, -0.2) is 0 Å². The van der Waals surface area contributed by atoms with Gasteiger partial charge in [-0.15, -0.1) is 0 Å². The van der Waals surface area contributed by atoms with Crippen LogP contribution in [0.3, 0.4) is 0 Å². The number of likely N-dealkylation sites (N-methyl/N-ethyl adjacent to an activating group) is 1. The molecule has 1 saturated heterocycles. The highest BCUT2D eigenvalue weighted by Gasteiger charge is 2.34. The third-order valence-electron chi connectivity index (χ3n) is 4.39. The number of thioether (sulfide) groups is 1. The van der Waals surface area contributed by atoms with Crippen LogP contribution in [0.2, 0.25) is 0 Å². The van der Waals surface area contributed by atoms with Gasteiger partial charge < -0.3 is 14.4 Å². The average Bonchev–Trinajstić information content (AvgIpc) is 3.14. The van der Waals surface area contributed by atoms with Crippen LogP contribution in [0.1, 0.15) is 27.2 Å². The van der Waals surface area contributed by atoms with E-state index in [0.29, 0.717) is 18.7 Å². The van der Waals surface area contributed by atoms with Gasteiger partial charge in [-0.1, -0.05) is 18.7 Å². The third-order valence-corrected chi connectivity index (χ3v) is 5.81. The van der Waals surface area contributed by atoms with Crippen molar-refractivity contribution in [2.24, 2.45) is 0 Å². The fourth-order valence-electron chi connectivity index (χ4n) is 2.99. The Hall–Kier alpha value is -1.99. The first kappa shape index (κ1) is 18.8. The van der Waals surface area contributed by atoms with Gasteiger partial charge in [-0.2, -0.15) is 0 Å². The predicted molar refractivity (Wildman–Crippen MR) is 108 cm³/mol. The maximum Gasteiger partial charge on any atom is 0.297 e. The second kappa shape index (κ2) is 7.72. The van der Waals surface area contributed by atoms with Crippen LogP contribution in [0.25, 0.3) is 0 Å². The third kappa shape index (κ3) is 3.21. The molecule has 7 heteroatoms. The number of amides is 1. The molecule has 0 bridgehead atoms. The molecule has 0 N–H and O–H groups in total. The highest BCUT2D eigenvalue weighted by molar-refractivity contribution is 8.03. The smallest absolute Gasteiger partial charge is 0.297 e. The number of carbonyl (C=O) groups is 1. The van der Waals surface area contributed by atoms with Gasteiger partial charge in [0.15, 0.2) is 5.76 Å². The highest BCUT2D eigenvalue weighted by atomic mass is 32.2. The standard InChI is InChI=1S/C19H22N2O3S2/c1-5-12(17-18(22)21(7-3)19(25)24-17)10-16-20(6-2)14-11-13(23-4)8-9-15(14)26-16/h8-11H,5-7H2,1-4H3/b16-10+,17-12-. The number of methoxy groups -OCH3 is 1. The Morgan fingerprint density at radius 1 is 1.27 bits per heavy atom. The average molecular weight is 391 g/mol. The molecule has 0 spiro atoms. The van der Waals surface area contributed by atoms with Gasteiger partial charge in [-0.3, -0.25) is 9.69 Å². The van der Waals surface area contributed by atoms with Crippen molar-refractivity contribution >= 4 is 40.7 Å². The molecule has 0 unspecified atom stereocenters. The van der Waals surface area contributed by atoms with Crippen molar-refractivity contribution in [2.75, 3.05) is 25.1 Å². The molecule has 2 aliphatic rings. The number of benzene rings is 1. The molecule has 1 aromatic rings. The molecule has 2 aliphatic heterocycles. The first-order chi connectivity index (χ1) is 12.5. The van der Waals surface area contributed by atoms with Gasteiger partial charge >= 0.3 is 0 Å². The van der Waals surface area contributed by atoms with Crippen molar-refractivity contribution < 1.29 is 14.3 Å². The fraction of sp³-hybridized carbons (Fsp3) is 0.368. The normalized spacial score (nSPS) is 19.9. The Labute approximate surface area is 163 Å². The lowest BCUT2D eigenvalue weighted by Crippen LogP contribution is -2.28. The van der Waals surface area contributed by atoms with E-state index in [0.717, 1.165) is 28.6 Å². The Bertz CT molecular complexity index is 817. The summed E-state index contributed by atoms with van der Waals surface area (Å²) in [6.45, 7) is 7.33. The Kier molecular flexibility index (Phi) is 5.58. The van der Waals surface area contributed by atoms with Crippen LogP contribution in [0.5, 0.6) is 5.75 Å². The van der Waals surface area contributed by atoms with Gasteiger partial charge in [0.1, 0.15) is 5.75 Å². The molecule has 0 aromatic heterocycles. The van der Waals surface area contributed by atoms with Crippen molar-refractivity contribution in [1.29, 1.82) is 0 Å². The van der Waals surface area contributed by atoms with E-state index in [1.807, 2.05) is 32.1 Å². The van der Waals surface area contributed by atoms with Crippen LogP contribution in [-0.2, 0) is 9.53 Å². The molecule has 2 heterocycles. The first-order valence-electron chi connectivity index (χ1n) is 8.65. The van der Waals surface area contributed by atoms with E-state index in [-0.39, 0.29) is 11.1 Å². The number of allylic oxidation sites excluding steroid dienone is 2. The van der Waals surface area contributed by atoms with Crippen molar-refractivity contribution in [1.82, 2.24) is 4.90 Å². The Balaban J connectivity index is 1.99. The van der Waals surface area contributed by atoms with E-state index in [4.69, 9.17) is 21.7 Å². The molecular formula is C19H22N2O3S2. The van der Waals surface area contributed by atoms with Crippen LogP contribution in [0.4, 0.5) is 5.69 Å². The minimum atomic E-state index is -0.156. The lowest BCUT2D eigenvalue weighted by Gasteiger charge is -2.19. The summed E-state index contributed by atoms with van der Waals surface area (Å²) in [6, 6.07) is 6.06. The van der Waals surface area contributed by atoms with E-state index >= 15 is 0 Å². The van der Waals surface area contributed by atoms with Gasteiger partial charge in [0, 0.05) is 29.6 Å². The molecule has 0 atom stereocenters. The zero-order chi connectivity index (χ0) is 18.8. The molecule has 138 valence electrons. The van der Waals surface area contributed by atoms with Crippen LogP contribution in [-0.4, -0.2) is 36.2 Å². The maximum absolute atomic E-state index is 12.6. The number of hydrogen-bond acceptors (Lipinski definition) is 6. The zero-order valence-corrected chi connectivity index (χ0v) is 17.0. The van der Waals surface area contributed by atoms with E-state index in [1.165, 1.54) is 9.80 Å². The second-order valence-electron chi connectivity index (χ2n) is 5.79. The lowest BCUT2D eigenvalue weighted by atomic mass is 10.1. The maximum atomic E-state index is 12.6. The Morgan fingerprint density at radius 3 is 2.58 bits per heavy atom. The van der Waals surface area contributed by atoms with Gasteiger partial charge in [-0.05, 0) is 50.7 Å². The summed E-state index contributed by atoms with van der Waals surface area (Å²) in [5.74, 6) is 1.02. The van der Waals surface area contributed by atoms with Crippen molar-refractivity contribution in [2.45, 2.75) is 32.1 Å². The number of rotatable bonds is 5. The molecule has 5 nitrogen and oxygen atoms in total. The van der Waals surface area contributed by atoms with Gasteiger partial charge in [0.05, 0.1) is 17.8 Å². The number of thiocarbonyl (C=S) groups is 1. The molecule has 1 amide bonds. The van der Waals surface area contributed by atoms with Crippen molar-refractivity contribution in [3.63, 3.8) is 0 Å². The molecule has 0 saturated carbocycles. The van der Waals surface area contributed by atoms with Gasteiger partial charge in [0.2, 0.25) is 0 Å². The minimum Gasteiger partial charge on any atom is -0.497 e. The molecule has 0 aliphatic carbocycles. The van der Waals surface area contributed by atoms with E-state index < -0.39 is 0 Å². The van der Waals surface area contributed by atoms with Crippen LogP contribution < -0.4 is 9.64 Å². The molecule has 26 heavy (non-hydrogen) atoms. The molecular weight excluding hydrogens is 368 g/mol. The van der Waals surface area contributed by atoms with Crippen LogP contribution >= 0.6 is 24.0 Å². The number of ether oxygens (including phenoxy) is 2. The monoisotopic (exact) mass is 390 g/mol. The predicted octanol–water partition coefficient (Wildman–Crippen LogP) is 4.30. The summed E-state index contributed by atoms with van der Waals surface area (Å²) < 4.78 is 11.0.